The number of nitrogens with two attached hydrogens (primary N) is 1. The molecule has 0 heterocycles. The first kappa shape index (κ1) is 9.41. The van der Waals surface area contributed by atoms with E-state index in [2.05, 4.69) is 13.0 Å². The molecular weight excluding hydrogens is 174 g/mol. The van der Waals surface area contributed by atoms with Crippen LogP contribution in [-0.2, 0) is 6.42 Å². The molecule has 0 amide bonds. The lowest BCUT2D eigenvalue weighted by atomic mass is 9.84. The average molecular weight is 189 g/mol. The van der Waals surface area contributed by atoms with Gasteiger partial charge in [0.2, 0.25) is 0 Å². The number of Topliss-reactive ketones (excluding diaryl/α,β-unsaturated/α-hetero) is 1. The zero-order valence-electron chi connectivity index (χ0n) is 8.63. The highest BCUT2D eigenvalue weighted by atomic mass is 16.1. The van der Waals surface area contributed by atoms with Crippen LogP contribution in [0.15, 0.2) is 12.1 Å². The fourth-order valence-corrected chi connectivity index (χ4v) is 2.18. The van der Waals surface area contributed by atoms with Gasteiger partial charge in [-0.05, 0) is 43.9 Å². The number of ketones is 1. The van der Waals surface area contributed by atoms with Gasteiger partial charge in [-0.15, -0.1) is 0 Å². The van der Waals surface area contributed by atoms with E-state index >= 15 is 0 Å². The van der Waals surface area contributed by atoms with Crippen LogP contribution in [0.2, 0.25) is 0 Å². The van der Waals surface area contributed by atoms with Crippen LogP contribution in [0.5, 0.6) is 0 Å². The maximum absolute atomic E-state index is 11.8. The maximum atomic E-state index is 11.8. The summed E-state index contributed by atoms with van der Waals surface area (Å²) >= 11 is 0. The summed E-state index contributed by atoms with van der Waals surface area (Å²) in [5.41, 5.74) is 10.2. The van der Waals surface area contributed by atoms with Crippen molar-refractivity contribution in [1.82, 2.24) is 0 Å². The van der Waals surface area contributed by atoms with Crippen molar-refractivity contribution >= 4 is 5.78 Å². The van der Waals surface area contributed by atoms with E-state index in [0.717, 1.165) is 24.0 Å². The van der Waals surface area contributed by atoms with E-state index < -0.39 is 0 Å². The van der Waals surface area contributed by atoms with E-state index in [4.69, 9.17) is 5.73 Å². The minimum atomic E-state index is -0.288. The Bertz CT molecular complexity index is 396. The summed E-state index contributed by atoms with van der Waals surface area (Å²) in [6.07, 6.45) is 1.73. The molecule has 0 saturated carbocycles. The van der Waals surface area contributed by atoms with Gasteiger partial charge in [-0.2, -0.15) is 0 Å². The Morgan fingerprint density at radius 1 is 1.36 bits per heavy atom. The van der Waals surface area contributed by atoms with E-state index in [1.165, 1.54) is 11.1 Å². The van der Waals surface area contributed by atoms with E-state index in [-0.39, 0.29) is 11.8 Å². The Morgan fingerprint density at radius 3 is 2.79 bits per heavy atom. The monoisotopic (exact) mass is 189 g/mol. The summed E-state index contributed by atoms with van der Waals surface area (Å²) in [5.74, 6) is 0.109. The van der Waals surface area contributed by atoms with Gasteiger partial charge >= 0.3 is 0 Å². The molecule has 2 heteroatoms. The van der Waals surface area contributed by atoms with Crippen molar-refractivity contribution in [3.05, 3.63) is 34.4 Å². The Hall–Kier alpha value is -1.15. The van der Waals surface area contributed by atoms with Crippen LogP contribution in [-0.4, -0.2) is 11.8 Å². The summed E-state index contributed by atoms with van der Waals surface area (Å²) in [6, 6.07) is 3.80. The standard InChI is InChI=1S/C12H15NO/c1-7-5-8(2)9-3-4-11(13)12(14)10(9)6-7/h5-6,11H,3-4,13H2,1-2H3. The van der Waals surface area contributed by atoms with E-state index in [0.29, 0.717) is 0 Å². The number of hydrogen-bond donors (Lipinski definition) is 1. The van der Waals surface area contributed by atoms with Gasteiger partial charge < -0.3 is 5.73 Å². The molecule has 1 aliphatic carbocycles. The molecule has 74 valence electrons. The van der Waals surface area contributed by atoms with Gasteiger partial charge in [-0.1, -0.05) is 11.6 Å². The predicted octanol–water partition coefficient (Wildman–Crippen LogP) is 1.76. The molecule has 1 atom stereocenters. The molecule has 1 unspecified atom stereocenters. The molecular formula is C12H15NO. The molecule has 0 bridgehead atoms. The van der Waals surface area contributed by atoms with Crippen molar-refractivity contribution in [1.29, 1.82) is 0 Å². The van der Waals surface area contributed by atoms with Crippen molar-refractivity contribution in [3.63, 3.8) is 0 Å². The van der Waals surface area contributed by atoms with Gasteiger partial charge in [0.25, 0.3) is 0 Å². The second-order valence-corrected chi connectivity index (χ2v) is 4.12. The molecule has 2 nitrogen and oxygen atoms in total. The van der Waals surface area contributed by atoms with Gasteiger partial charge in [-0.25, -0.2) is 0 Å². The molecule has 0 aliphatic heterocycles. The fourth-order valence-electron chi connectivity index (χ4n) is 2.18. The van der Waals surface area contributed by atoms with Crippen LogP contribution in [0.4, 0.5) is 0 Å². The molecule has 14 heavy (non-hydrogen) atoms. The summed E-state index contributed by atoms with van der Waals surface area (Å²) in [6.45, 7) is 4.08. The summed E-state index contributed by atoms with van der Waals surface area (Å²) in [7, 11) is 0. The quantitative estimate of drug-likeness (QED) is 0.675. The molecule has 0 radical (unpaired) electrons. The average Bonchev–Trinajstić information content (AvgIpc) is 2.12. The van der Waals surface area contributed by atoms with E-state index in [9.17, 15) is 4.79 Å². The number of hydrogen-bond acceptors (Lipinski definition) is 2. The van der Waals surface area contributed by atoms with Crippen LogP contribution >= 0.6 is 0 Å². The van der Waals surface area contributed by atoms with Crippen molar-refractivity contribution in [3.8, 4) is 0 Å². The number of benzene rings is 1. The predicted molar refractivity (Wildman–Crippen MR) is 56.5 cm³/mol. The Kier molecular flexibility index (Phi) is 2.16. The Balaban J connectivity index is 2.60. The lowest BCUT2D eigenvalue weighted by molar-refractivity contribution is 0.0948. The minimum Gasteiger partial charge on any atom is -0.321 e. The maximum Gasteiger partial charge on any atom is 0.179 e. The third-order valence-corrected chi connectivity index (χ3v) is 2.92. The van der Waals surface area contributed by atoms with Crippen molar-refractivity contribution in [2.75, 3.05) is 0 Å². The number of fused-ring (bicyclic) bond motifs is 1. The highest BCUT2D eigenvalue weighted by molar-refractivity contribution is 6.02. The van der Waals surface area contributed by atoms with Crippen molar-refractivity contribution in [2.24, 2.45) is 5.73 Å². The molecule has 1 aromatic carbocycles. The van der Waals surface area contributed by atoms with Gasteiger partial charge in [0.1, 0.15) is 0 Å². The topological polar surface area (TPSA) is 43.1 Å². The van der Waals surface area contributed by atoms with Crippen LogP contribution < -0.4 is 5.73 Å². The second kappa shape index (κ2) is 3.21. The Labute approximate surface area is 84.1 Å². The normalized spacial score (nSPS) is 20.8. The van der Waals surface area contributed by atoms with Crippen LogP contribution in [0.1, 0.15) is 33.5 Å². The van der Waals surface area contributed by atoms with E-state index in [1.807, 2.05) is 13.0 Å². The first-order valence-corrected chi connectivity index (χ1v) is 4.99. The summed E-state index contributed by atoms with van der Waals surface area (Å²) in [5, 5.41) is 0. The largest absolute Gasteiger partial charge is 0.321 e. The molecule has 0 fully saturated rings. The number of rotatable bonds is 0. The molecule has 1 aliphatic rings. The van der Waals surface area contributed by atoms with Crippen LogP contribution in [0.3, 0.4) is 0 Å². The lowest BCUT2D eigenvalue weighted by Gasteiger charge is -2.22. The van der Waals surface area contributed by atoms with Gasteiger partial charge in [0.05, 0.1) is 6.04 Å². The number of aryl methyl sites for hydroxylation is 2. The number of carbonyl (C=O) groups excluding carboxylic acids is 1. The van der Waals surface area contributed by atoms with Gasteiger partial charge in [0, 0.05) is 5.56 Å². The summed E-state index contributed by atoms with van der Waals surface area (Å²) < 4.78 is 0. The zero-order valence-corrected chi connectivity index (χ0v) is 8.63. The van der Waals surface area contributed by atoms with Crippen LogP contribution in [0.25, 0.3) is 0 Å². The molecule has 0 spiro atoms. The van der Waals surface area contributed by atoms with Gasteiger partial charge in [0.15, 0.2) is 5.78 Å². The third-order valence-electron chi connectivity index (χ3n) is 2.92. The molecule has 2 rings (SSSR count). The molecule has 0 saturated heterocycles. The molecule has 1 aromatic rings. The zero-order chi connectivity index (χ0) is 10.3. The SMILES string of the molecule is Cc1cc(C)c2c(c1)C(=O)C(N)CC2. The lowest BCUT2D eigenvalue weighted by Crippen LogP contribution is -2.35. The first-order chi connectivity index (χ1) is 6.59. The fraction of sp³-hybridized carbons (Fsp3) is 0.417. The number of carbonyl (C=O) groups is 1. The van der Waals surface area contributed by atoms with Gasteiger partial charge in [-0.3, -0.25) is 4.79 Å². The highest BCUT2D eigenvalue weighted by Gasteiger charge is 2.25. The minimum absolute atomic E-state index is 0.109. The highest BCUT2D eigenvalue weighted by Crippen LogP contribution is 2.25. The molecule has 2 N–H and O–H groups in total. The second-order valence-electron chi connectivity index (χ2n) is 4.12. The van der Waals surface area contributed by atoms with E-state index in [1.54, 1.807) is 0 Å². The van der Waals surface area contributed by atoms with Crippen LogP contribution in [0, 0.1) is 13.8 Å². The first-order valence-electron chi connectivity index (χ1n) is 4.99. The third kappa shape index (κ3) is 1.36. The summed E-state index contributed by atoms with van der Waals surface area (Å²) in [4.78, 5) is 11.8. The van der Waals surface area contributed by atoms with Crippen molar-refractivity contribution < 1.29 is 4.79 Å². The molecule has 0 aromatic heterocycles. The smallest absolute Gasteiger partial charge is 0.179 e. The van der Waals surface area contributed by atoms with Crippen molar-refractivity contribution in [2.45, 2.75) is 32.7 Å². The Morgan fingerprint density at radius 2 is 2.07 bits per heavy atom.